The summed E-state index contributed by atoms with van der Waals surface area (Å²) >= 11 is 0. The van der Waals surface area contributed by atoms with Gasteiger partial charge in [-0.05, 0) is 26.7 Å². The zero-order valence-corrected chi connectivity index (χ0v) is 10.2. The molecular weight excluding hydrogens is 226 g/mol. The highest BCUT2D eigenvalue weighted by molar-refractivity contribution is 5.93. The zero-order chi connectivity index (χ0) is 13.4. The summed E-state index contributed by atoms with van der Waals surface area (Å²) in [6, 6.07) is 0. The molecule has 2 atom stereocenters. The van der Waals surface area contributed by atoms with Crippen molar-refractivity contribution in [3.8, 4) is 0 Å². The number of rotatable bonds is 2. The van der Waals surface area contributed by atoms with Crippen LogP contribution in [0.25, 0.3) is 0 Å². The molecule has 0 spiro atoms. The molecule has 1 saturated heterocycles. The number of nitrogens with zero attached hydrogens (tertiary/aromatic N) is 1. The van der Waals surface area contributed by atoms with Crippen molar-refractivity contribution in [2.75, 3.05) is 6.54 Å². The van der Waals surface area contributed by atoms with Crippen molar-refractivity contribution in [1.29, 1.82) is 0 Å². The fourth-order valence-electron chi connectivity index (χ4n) is 2.49. The number of likely N-dealkylation sites (tertiary alicyclic amines) is 1. The molecular formula is C11H17NO5. The molecule has 2 N–H and O–H groups in total. The Morgan fingerprint density at radius 1 is 1.12 bits per heavy atom. The first-order valence-corrected chi connectivity index (χ1v) is 5.43. The molecule has 0 aliphatic carbocycles. The van der Waals surface area contributed by atoms with Gasteiger partial charge in [-0.3, -0.25) is 9.59 Å². The van der Waals surface area contributed by atoms with Gasteiger partial charge in [-0.2, -0.15) is 0 Å². The molecule has 0 saturated carbocycles. The molecule has 0 radical (unpaired) electrons. The average molecular weight is 243 g/mol. The number of piperidine rings is 1. The Morgan fingerprint density at radius 2 is 1.65 bits per heavy atom. The second-order valence-corrected chi connectivity index (χ2v) is 4.79. The first kappa shape index (κ1) is 13.5. The Hall–Kier alpha value is -1.59. The predicted octanol–water partition coefficient (Wildman–Crippen LogP) is 0.563. The predicted molar refractivity (Wildman–Crippen MR) is 58.4 cm³/mol. The van der Waals surface area contributed by atoms with Gasteiger partial charge in [-0.15, -0.1) is 0 Å². The molecule has 96 valence electrons. The normalized spacial score (nSPS) is 33.2. The van der Waals surface area contributed by atoms with Crippen molar-refractivity contribution in [3.05, 3.63) is 0 Å². The van der Waals surface area contributed by atoms with Gasteiger partial charge in [0.15, 0.2) is 5.54 Å². The highest BCUT2D eigenvalue weighted by Crippen LogP contribution is 2.44. The number of hydrogen-bond donors (Lipinski definition) is 2. The van der Waals surface area contributed by atoms with Gasteiger partial charge in [-0.1, -0.05) is 0 Å². The Morgan fingerprint density at radius 3 is 2.00 bits per heavy atom. The number of aliphatic carboxylic acids is 2. The Kier molecular flexibility index (Phi) is 3.18. The lowest BCUT2D eigenvalue weighted by atomic mass is 9.65. The van der Waals surface area contributed by atoms with E-state index in [1.165, 1.54) is 20.8 Å². The maximum absolute atomic E-state index is 11.5. The number of carbonyl (C=O) groups is 3. The molecule has 1 heterocycles. The average Bonchev–Trinajstić information content (AvgIpc) is 2.20. The number of amides is 1. The van der Waals surface area contributed by atoms with E-state index in [0.29, 0.717) is 6.42 Å². The van der Waals surface area contributed by atoms with Crippen molar-refractivity contribution in [2.24, 2.45) is 5.41 Å². The highest BCUT2D eigenvalue weighted by Gasteiger charge is 2.61. The lowest BCUT2D eigenvalue weighted by molar-refractivity contribution is -0.184. The molecule has 0 aromatic heterocycles. The fraction of sp³-hybridized carbons (Fsp3) is 0.727. The molecule has 6 nitrogen and oxygen atoms in total. The quantitative estimate of drug-likeness (QED) is 0.739. The largest absolute Gasteiger partial charge is 0.481 e. The van der Waals surface area contributed by atoms with Gasteiger partial charge < -0.3 is 15.1 Å². The summed E-state index contributed by atoms with van der Waals surface area (Å²) in [4.78, 5) is 35.5. The van der Waals surface area contributed by atoms with Crippen LogP contribution in [-0.4, -0.2) is 45.0 Å². The molecule has 0 aromatic carbocycles. The van der Waals surface area contributed by atoms with Crippen LogP contribution in [0.3, 0.4) is 0 Å². The van der Waals surface area contributed by atoms with Crippen molar-refractivity contribution in [1.82, 2.24) is 4.90 Å². The first-order valence-electron chi connectivity index (χ1n) is 5.43. The third-order valence-corrected chi connectivity index (χ3v) is 3.94. The Balaban J connectivity index is 3.37. The topological polar surface area (TPSA) is 94.9 Å². The van der Waals surface area contributed by atoms with Crippen LogP contribution in [0.2, 0.25) is 0 Å². The summed E-state index contributed by atoms with van der Waals surface area (Å²) in [5.74, 6) is -2.88. The van der Waals surface area contributed by atoms with E-state index in [9.17, 15) is 24.6 Å². The summed E-state index contributed by atoms with van der Waals surface area (Å²) in [5.41, 5.74) is -3.17. The summed E-state index contributed by atoms with van der Waals surface area (Å²) in [5, 5.41) is 18.6. The third-order valence-electron chi connectivity index (χ3n) is 3.94. The molecule has 1 fully saturated rings. The molecule has 0 aromatic rings. The zero-order valence-electron chi connectivity index (χ0n) is 10.2. The van der Waals surface area contributed by atoms with E-state index in [1.807, 2.05) is 0 Å². The van der Waals surface area contributed by atoms with Gasteiger partial charge in [0.2, 0.25) is 5.91 Å². The minimum atomic E-state index is -1.71. The number of carboxylic acid groups (broad SMARTS) is 2. The van der Waals surface area contributed by atoms with Crippen molar-refractivity contribution in [3.63, 3.8) is 0 Å². The van der Waals surface area contributed by atoms with Crippen LogP contribution in [0.1, 0.15) is 33.6 Å². The van der Waals surface area contributed by atoms with Crippen LogP contribution >= 0.6 is 0 Å². The number of carbonyl (C=O) groups excluding carboxylic acids is 1. The minimum absolute atomic E-state index is 0.245. The van der Waals surface area contributed by atoms with Crippen LogP contribution in [-0.2, 0) is 14.4 Å². The fourth-order valence-corrected chi connectivity index (χ4v) is 2.49. The van der Waals surface area contributed by atoms with Crippen LogP contribution in [0, 0.1) is 5.41 Å². The summed E-state index contributed by atoms with van der Waals surface area (Å²) < 4.78 is 0. The second-order valence-electron chi connectivity index (χ2n) is 4.79. The van der Waals surface area contributed by atoms with Crippen molar-refractivity contribution in [2.45, 2.75) is 39.2 Å². The van der Waals surface area contributed by atoms with Crippen LogP contribution in [0.15, 0.2) is 0 Å². The van der Waals surface area contributed by atoms with E-state index in [4.69, 9.17) is 0 Å². The van der Waals surface area contributed by atoms with E-state index in [2.05, 4.69) is 0 Å². The van der Waals surface area contributed by atoms with Gasteiger partial charge in [0.25, 0.3) is 0 Å². The summed E-state index contributed by atoms with van der Waals surface area (Å²) in [6.45, 7) is 4.23. The van der Waals surface area contributed by atoms with E-state index in [-0.39, 0.29) is 13.0 Å². The van der Waals surface area contributed by atoms with Crippen LogP contribution in [0.5, 0.6) is 0 Å². The third kappa shape index (κ3) is 1.67. The molecule has 17 heavy (non-hydrogen) atoms. The smallest absolute Gasteiger partial charge is 0.330 e. The summed E-state index contributed by atoms with van der Waals surface area (Å²) in [6.07, 6.45) is 0.736. The molecule has 1 aliphatic rings. The Labute approximate surface area is 99.2 Å². The Bertz CT molecular complexity index is 380. The van der Waals surface area contributed by atoms with E-state index in [1.54, 1.807) is 0 Å². The summed E-state index contributed by atoms with van der Waals surface area (Å²) in [7, 11) is 0. The van der Waals surface area contributed by atoms with Crippen molar-refractivity contribution >= 4 is 17.8 Å². The molecule has 1 amide bonds. The van der Waals surface area contributed by atoms with Gasteiger partial charge in [0.05, 0.1) is 5.41 Å². The first-order chi connectivity index (χ1) is 7.68. The number of carboxylic acids is 2. The second kappa shape index (κ2) is 4.01. The number of hydrogen-bond acceptors (Lipinski definition) is 3. The maximum atomic E-state index is 11.5. The molecule has 1 aliphatic heterocycles. The minimum Gasteiger partial charge on any atom is -0.481 e. The molecule has 1 rings (SSSR count). The standard InChI is InChI=1S/C11H17NO5/c1-7(13)12-6-4-5-10(2,8(14)15)11(12,3)9(16)17/h4-6H2,1-3H3,(H,14,15)(H,16,17)/t10-,11+/m1/s1. The van der Waals surface area contributed by atoms with Crippen LogP contribution < -0.4 is 0 Å². The van der Waals surface area contributed by atoms with E-state index in [0.717, 1.165) is 4.90 Å². The van der Waals surface area contributed by atoms with E-state index < -0.39 is 28.8 Å². The molecule has 6 heteroatoms. The maximum Gasteiger partial charge on any atom is 0.330 e. The van der Waals surface area contributed by atoms with Crippen molar-refractivity contribution < 1.29 is 24.6 Å². The van der Waals surface area contributed by atoms with Gasteiger partial charge in [-0.25, -0.2) is 4.79 Å². The lowest BCUT2D eigenvalue weighted by Gasteiger charge is -2.50. The van der Waals surface area contributed by atoms with Gasteiger partial charge >= 0.3 is 11.9 Å². The monoisotopic (exact) mass is 243 g/mol. The lowest BCUT2D eigenvalue weighted by Crippen LogP contribution is -2.68. The van der Waals surface area contributed by atoms with Gasteiger partial charge in [0.1, 0.15) is 0 Å². The molecule has 0 unspecified atom stereocenters. The van der Waals surface area contributed by atoms with E-state index >= 15 is 0 Å². The van der Waals surface area contributed by atoms with Crippen LogP contribution in [0.4, 0.5) is 0 Å². The van der Waals surface area contributed by atoms with Gasteiger partial charge in [0, 0.05) is 13.5 Å². The SMILES string of the molecule is CC(=O)N1CCC[C@](C)(C(=O)O)[C@]1(C)C(=O)O. The molecule has 0 bridgehead atoms. The highest BCUT2D eigenvalue weighted by atomic mass is 16.4.